The van der Waals surface area contributed by atoms with Gasteiger partial charge in [-0.25, -0.2) is 4.79 Å². The maximum absolute atomic E-state index is 11.1. The van der Waals surface area contributed by atoms with Gasteiger partial charge in [0.1, 0.15) is 0 Å². The molecule has 0 aromatic rings. The monoisotopic (exact) mass is 187 g/mol. The lowest BCUT2D eigenvalue weighted by Crippen LogP contribution is -2.50. The van der Waals surface area contributed by atoms with Gasteiger partial charge >= 0.3 is 11.9 Å². The van der Waals surface area contributed by atoms with Gasteiger partial charge in [0, 0.05) is 13.1 Å². The van der Waals surface area contributed by atoms with Crippen LogP contribution in [0.15, 0.2) is 0 Å². The van der Waals surface area contributed by atoms with Crippen molar-refractivity contribution in [2.75, 3.05) is 13.1 Å². The maximum Gasteiger partial charge on any atom is 0.394 e. The Morgan fingerprint density at radius 3 is 2.15 bits per heavy atom. The average molecular weight is 187 g/mol. The number of rotatable bonds is 0. The Bertz CT molecular complexity index is 218. The lowest BCUT2D eigenvalue weighted by molar-refractivity contribution is -0.161. The molecule has 5 heteroatoms. The summed E-state index contributed by atoms with van der Waals surface area (Å²) in [5.74, 6) is -2.25. The first-order valence-corrected chi connectivity index (χ1v) is 4.18. The summed E-state index contributed by atoms with van der Waals surface area (Å²) in [6.45, 7) is 4.35. The predicted octanol–water partition coefficient (Wildman–Crippen LogP) is -0.293. The van der Waals surface area contributed by atoms with Gasteiger partial charge in [-0.15, -0.1) is 0 Å². The van der Waals surface area contributed by atoms with Crippen molar-refractivity contribution in [2.45, 2.75) is 26.1 Å². The fraction of sp³-hybridized carbons (Fsp3) is 0.750. The largest absolute Gasteiger partial charge is 0.474 e. The van der Waals surface area contributed by atoms with E-state index in [9.17, 15) is 9.59 Å². The summed E-state index contributed by atoms with van der Waals surface area (Å²) in [6, 6.07) is 0. The number of carboxylic acids is 1. The number of aliphatic carboxylic acids is 1. The lowest BCUT2D eigenvalue weighted by atomic mass is 10.2. The number of carboxylic acid groups (broad SMARTS) is 1. The van der Waals surface area contributed by atoms with Crippen molar-refractivity contribution in [1.82, 2.24) is 4.90 Å². The van der Waals surface area contributed by atoms with Crippen LogP contribution >= 0.6 is 0 Å². The SMILES string of the molecule is C[C@H]1CN(C(=O)C(=O)O)C[C@H](C)O1. The Kier molecular flexibility index (Phi) is 2.87. The topological polar surface area (TPSA) is 66.8 Å². The molecule has 0 aromatic carbocycles. The number of carbonyl (C=O) groups is 2. The Hall–Kier alpha value is -1.10. The molecule has 1 aliphatic heterocycles. The van der Waals surface area contributed by atoms with Crippen molar-refractivity contribution < 1.29 is 19.4 Å². The third-order valence-corrected chi connectivity index (χ3v) is 1.89. The van der Waals surface area contributed by atoms with Crippen molar-refractivity contribution in [2.24, 2.45) is 0 Å². The molecule has 1 N–H and O–H groups in total. The van der Waals surface area contributed by atoms with E-state index < -0.39 is 11.9 Å². The Morgan fingerprint density at radius 1 is 1.31 bits per heavy atom. The number of hydrogen-bond acceptors (Lipinski definition) is 3. The van der Waals surface area contributed by atoms with Gasteiger partial charge in [0.05, 0.1) is 12.2 Å². The molecule has 1 amide bonds. The summed E-state index contributed by atoms with van der Waals surface area (Å²) in [5.41, 5.74) is 0. The van der Waals surface area contributed by atoms with Gasteiger partial charge in [-0.1, -0.05) is 0 Å². The zero-order chi connectivity index (χ0) is 10.0. The molecule has 1 heterocycles. The van der Waals surface area contributed by atoms with Crippen LogP contribution in [0.25, 0.3) is 0 Å². The van der Waals surface area contributed by atoms with Crippen LogP contribution in [0.2, 0.25) is 0 Å². The zero-order valence-electron chi connectivity index (χ0n) is 7.69. The molecule has 0 aromatic heterocycles. The molecule has 1 saturated heterocycles. The van der Waals surface area contributed by atoms with E-state index in [4.69, 9.17) is 9.84 Å². The van der Waals surface area contributed by atoms with Crippen LogP contribution in [-0.4, -0.2) is 47.2 Å². The van der Waals surface area contributed by atoms with E-state index in [1.807, 2.05) is 13.8 Å². The summed E-state index contributed by atoms with van der Waals surface area (Å²) in [7, 11) is 0. The molecule has 1 rings (SSSR count). The van der Waals surface area contributed by atoms with Crippen molar-refractivity contribution in [3.8, 4) is 0 Å². The van der Waals surface area contributed by atoms with Crippen LogP contribution < -0.4 is 0 Å². The maximum atomic E-state index is 11.1. The average Bonchev–Trinajstić information content (AvgIpc) is 2.01. The summed E-state index contributed by atoms with van der Waals surface area (Å²) >= 11 is 0. The highest BCUT2D eigenvalue weighted by molar-refractivity contribution is 6.31. The normalized spacial score (nSPS) is 28.6. The zero-order valence-corrected chi connectivity index (χ0v) is 7.69. The molecule has 2 atom stereocenters. The van der Waals surface area contributed by atoms with E-state index in [2.05, 4.69) is 0 Å². The van der Waals surface area contributed by atoms with Crippen LogP contribution in [0.5, 0.6) is 0 Å². The molecular weight excluding hydrogens is 174 g/mol. The Morgan fingerprint density at radius 2 is 1.77 bits per heavy atom. The molecule has 0 radical (unpaired) electrons. The number of morpholine rings is 1. The minimum Gasteiger partial charge on any atom is -0.474 e. The van der Waals surface area contributed by atoms with Gasteiger partial charge in [-0.3, -0.25) is 4.79 Å². The molecule has 1 aliphatic rings. The van der Waals surface area contributed by atoms with E-state index >= 15 is 0 Å². The van der Waals surface area contributed by atoms with Crippen molar-refractivity contribution >= 4 is 11.9 Å². The fourth-order valence-corrected chi connectivity index (χ4v) is 1.48. The van der Waals surface area contributed by atoms with Gasteiger partial charge in [-0.2, -0.15) is 0 Å². The molecule has 0 saturated carbocycles. The van der Waals surface area contributed by atoms with Gasteiger partial charge in [-0.05, 0) is 13.8 Å². The van der Waals surface area contributed by atoms with E-state index in [0.29, 0.717) is 13.1 Å². The van der Waals surface area contributed by atoms with Crippen molar-refractivity contribution in [1.29, 1.82) is 0 Å². The third kappa shape index (κ3) is 2.42. The summed E-state index contributed by atoms with van der Waals surface area (Å²) in [6.07, 6.45) is -0.181. The molecule has 13 heavy (non-hydrogen) atoms. The van der Waals surface area contributed by atoms with E-state index in [1.54, 1.807) is 0 Å². The number of ether oxygens (including phenoxy) is 1. The second-order valence-corrected chi connectivity index (χ2v) is 3.27. The molecule has 0 bridgehead atoms. The number of carbonyl (C=O) groups excluding carboxylic acids is 1. The van der Waals surface area contributed by atoms with E-state index in [1.165, 1.54) is 4.90 Å². The molecule has 0 unspecified atom stereocenters. The van der Waals surface area contributed by atoms with Crippen molar-refractivity contribution in [3.63, 3.8) is 0 Å². The predicted molar refractivity (Wildman–Crippen MR) is 44.2 cm³/mol. The van der Waals surface area contributed by atoms with Gasteiger partial charge in [0.15, 0.2) is 0 Å². The first-order valence-electron chi connectivity index (χ1n) is 4.18. The summed E-state index contributed by atoms with van der Waals surface area (Å²) < 4.78 is 5.36. The smallest absolute Gasteiger partial charge is 0.394 e. The highest BCUT2D eigenvalue weighted by Crippen LogP contribution is 2.10. The standard InChI is InChI=1S/C8H13NO4/c1-5-3-9(4-6(2)13-5)7(10)8(11)12/h5-6H,3-4H2,1-2H3,(H,11,12)/t5-,6-/m0/s1. The molecular formula is C8H13NO4. The quantitative estimate of drug-likeness (QED) is 0.529. The highest BCUT2D eigenvalue weighted by Gasteiger charge is 2.29. The van der Waals surface area contributed by atoms with Gasteiger partial charge in [0.25, 0.3) is 0 Å². The highest BCUT2D eigenvalue weighted by atomic mass is 16.5. The van der Waals surface area contributed by atoms with Crippen LogP contribution in [0, 0.1) is 0 Å². The molecule has 74 valence electrons. The number of hydrogen-bond donors (Lipinski definition) is 1. The molecule has 0 aliphatic carbocycles. The van der Waals surface area contributed by atoms with Gasteiger partial charge < -0.3 is 14.7 Å². The van der Waals surface area contributed by atoms with E-state index in [0.717, 1.165) is 0 Å². The molecule has 5 nitrogen and oxygen atoms in total. The minimum absolute atomic E-state index is 0.0907. The second-order valence-electron chi connectivity index (χ2n) is 3.27. The first kappa shape index (κ1) is 9.98. The summed E-state index contributed by atoms with van der Waals surface area (Å²) in [5, 5.41) is 8.47. The fourth-order valence-electron chi connectivity index (χ4n) is 1.48. The lowest BCUT2D eigenvalue weighted by Gasteiger charge is -2.34. The Balaban J connectivity index is 2.60. The third-order valence-electron chi connectivity index (χ3n) is 1.89. The minimum atomic E-state index is -1.40. The number of amides is 1. The second kappa shape index (κ2) is 3.74. The van der Waals surface area contributed by atoms with Crippen LogP contribution in [-0.2, 0) is 14.3 Å². The Labute approximate surface area is 76.3 Å². The molecule has 0 spiro atoms. The molecule has 1 fully saturated rings. The number of nitrogens with zero attached hydrogens (tertiary/aromatic N) is 1. The van der Waals surface area contributed by atoms with Crippen molar-refractivity contribution in [3.05, 3.63) is 0 Å². The van der Waals surface area contributed by atoms with Crippen LogP contribution in [0.4, 0.5) is 0 Å². The summed E-state index contributed by atoms with van der Waals surface area (Å²) in [4.78, 5) is 22.7. The van der Waals surface area contributed by atoms with E-state index in [-0.39, 0.29) is 12.2 Å². The van der Waals surface area contributed by atoms with Gasteiger partial charge in [0.2, 0.25) is 0 Å². The first-order chi connectivity index (χ1) is 6.00. The van der Waals surface area contributed by atoms with Crippen LogP contribution in [0.1, 0.15) is 13.8 Å². The van der Waals surface area contributed by atoms with Crippen LogP contribution in [0.3, 0.4) is 0 Å².